The van der Waals surface area contributed by atoms with Gasteiger partial charge in [0.25, 0.3) is 0 Å². The topological polar surface area (TPSA) is 60.8 Å². The summed E-state index contributed by atoms with van der Waals surface area (Å²) in [5, 5.41) is 10.5. The largest absolute Gasteiger partial charge is 0.494 e. The molecule has 0 atom stereocenters. The predicted molar refractivity (Wildman–Crippen MR) is 79.6 cm³/mol. The zero-order valence-corrected chi connectivity index (χ0v) is 11.7. The van der Waals surface area contributed by atoms with E-state index in [-0.39, 0.29) is 11.7 Å². The van der Waals surface area contributed by atoms with Crippen LogP contribution in [0.4, 0.5) is 4.39 Å². The van der Waals surface area contributed by atoms with Gasteiger partial charge in [-0.05, 0) is 18.2 Å². The van der Waals surface area contributed by atoms with Crippen molar-refractivity contribution in [3.05, 3.63) is 29.6 Å². The number of nitrogens with zero attached hydrogens (tertiary/aromatic N) is 2. The van der Waals surface area contributed by atoms with Gasteiger partial charge in [-0.25, -0.2) is 4.39 Å². The third-order valence-electron chi connectivity index (χ3n) is 3.65. The molecular weight excluding hydrogens is 273 g/mol. The van der Waals surface area contributed by atoms with E-state index in [1.165, 1.54) is 12.1 Å². The maximum atomic E-state index is 13.3. The van der Waals surface area contributed by atoms with Crippen molar-refractivity contribution in [3.63, 3.8) is 0 Å². The van der Waals surface area contributed by atoms with Crippen molar-refractivity contribution in [2.45, 2.75) is 0 Å². The average Bonchev–Trinajstić information content (AvgIpc) is 2.80. The van der Waals surface area contributed by atoms with Crippen LogP contribution in [-0.4, -0.2) is 60.6 Å². The van der Waals surface area contributed by atoms with Crippen LogP contribution in [0, 0.1) is 5.82 Å². The van der Waals surface area contributed by atoms with E-state index in [2.05, 4.69) is 14.9 Å². The molecule has 112 valence electrons. The number of hydrogen-bond acceptors (Lipinski definition) is 4. The fraction of sp³-hybridized carbons (Fsp3) is 0.400. The highest BCUT2D eigenvalue weighted by Gasteiger charge is 2.10. The second kappa shape index (κ2) is 6.24. The molecule has 2 aromatic rings. The van der Waals surface area contributed by atoms with Crippen LogP contribution in [0.3, 0.4) is 0 Å². The number of rotatable bonds is 4. The highest BCUT2D eigenvalue weighted by Crippen LogP contribution is 2.26. The summed E-state index contributed by atoms with van der Waals surface area (Å²) in [6.07, 6.45) is 1.61. The lowest BCUT2D eigenvalue weighted by Crippen LogP contribution is -2.37. The van der Waals surface area contributed by atoms with Crippen molar-refractivity contribution < 1.29 is 14.2 Å². The molecule has 1 aliphatic heterocycles. The first-order valence-electron chi connectivity index (χ1n) is 7.04. The SMILES string of the molecule is Oc1[nH]c2ccc(F)cc2c1C=NCCN1CCOCC1. The van der Waals surface area contributed by atoms with Gasteiger partial charge in [0.2, 0.25) is 0 Å². The number of aliphatic imine (C=N–C) groups is 1. The van der Waals surface area contributed by atoms with Crippen molar-refractivity contribution in [2.24, 2.45) is 4.99 Å². The summed E-state index contributed by atoms with van der Waals surface area (Å²) in [6.45, 7) is 4.90. The summed E-state index contributed by atoms with van der Waals surface area (Å²) < 4.78 is 18.6. The quantitative estimate of drug-likeness (QED) is 0.844. The molecule has 1 saturated heterocycles. The monoisotopic (exact) mass is 291 g/mol. The Kier molecular flexibility index (Phi) is 4.17. The van der Waals surface area contributed by atoms with Crippen LogP contribution in [0.2, 0.25) is 0 Å². The van der Waals surface area contributed by atoms with Gasteiger partial charge < -0.3 is 14.8 Å². The van der Waals surface area contributed by atoms with Crippen LogP contribution in [0.15, 0.2) is 23.2 Å². The minimum Gasteiger partial charge on any atom is -0.494 e. The summed E-state index contributed by atoms with van der Waals surface area (Å²) in [5.74, 6) is -0.310. The van der Waals surface area contributed by atoms with E-state index in [0.717, 1.165) is 32.8 Å². The number of nitrogens with one attached hydrogen (secondary N) is 1. The Morgan fingerprint density at radius 1 is 1.38 bits per heavy atom. The van der Waals surface area contributed by atoms with Crippen molar-refractivity contribution >= 4 is 17.1 Å². The second-order valence-electron chi connectivity index (χ2n) is 5.07. The van der Waals surface area contributed by atoms with Gasteiger partial charge in [-0.1, -0.05) is 0 Å². The lowest BCUT2D eigenvalue weighted by atomic mass is 10.2. The zero-order chi connectivity index (χ0) is 14.7. The first kappa shape index (κ1) is 14.0. The molecule has 6 heteroatoms. The number of hydrogen-bond donors (Lipinski definition) is 2. The molecule has 1 aliphatic rings. The van der Waals surface area contributed by atoms with E-state index >= 15 is 0 Å². The predicted octanol–water partition coefficient (Wildman–Crippen LogP) is 1.76. The van der Waals surface area contributed by atoms with Gasteiger partial charge in [-0.2, -0.15) is 0 Å². The van der Waals surface area contributed by atoms with Gasteiger partial charge in [-0.3, -0.25) is 9.89 Å². The van der Waals surface area contributed by atoms with Gasteiger partial charge in [0.05, 0.1) is 25.3 Å². The molecule has 0 unspecified atom stereocenters. The zero-order valence-electron chi connectivity index (χ0n) is 11.7. The molecule has 0 aliphatic carbocycles. The normalized spacial score (nSPS) is 17.0. The number of benzene rings is 1. The number of aromatic hydroxyl groups is 1. The molecule has 0 spiro atoms. The molecule has 0 amide bonds. The lowest BCUT2D eigenvalue weighted by molar-refractivity contribution is 0.0395. The highest BCUT2D eigenvalue weighted by atomic mass is 19.1. The number of H-pyrrole nitrogens is 1. The minimum atomic E-state index is -0.329. The highest BCUT2D eigenvalue weighted by molar-refractivity contribution is 6.01. The number of aromatic nitrogens is 1. The van der Waals surface area contributed by atoms with E-state index < -0.39 is 0 Å². The van der Waals surface area contributed by atoms with Crippen LogP contribution in [0.25, 0.3) is 10.9 Å². The molecule has 1 aromatic heterocycles. The van der Waals surface area contributed by atoms with Gasteiger partial charge in [0, 0.05) is 36.8 Å². The van der Waals surface area contributed by atoms with E-state index in [0.29, 0.717) is 23.0 Å². The van der Waals surface area contributed by atoms with Crippen molar-refractivity contribution in [3.8, 4) is 5.88 Å². The number of halogens is 1. The van der Waals surface area contributed by atoms with Gasteiger partial charge in [0.15, 0.2) is 5.88 Å². The van der Waals surface area contributed by atoms with Gasteiger partial charge in [-0.15, -0.1) is 0 Å². The summed E-state index contributed by atoms with van der Waals surface area (Å²) >= 11 is 0. The van der Waals surface area contributed by atoms with E-state index in [1.54, 1.807) is 12.3 Å². The van der Waals surface area contributed by atoms with Crippen LogP contribution < -0.4 is 0 Å². The molecule has 2 N–H and O–H groups in total. The Morgan fingerprint density at radius 2 is 2.19 bits per heavy atom. The first-order chi connectivity index (χ1) is 10.2. The molecule has 5 nitrogen and oxygen atoms in total. The first-order valence-corrected chi connectivity index (χ1v) is 7.04. The fourth-order valence-electron chi connectivity index (χ4n) is 2.48. The Balaban J connectivity index is 1.67. The summed E-state index contributed by atoms with van der Waals surface area (Å²) in [4.78, 5) is 9.44. The maximum Gasteiger partial charge on any atom is 0.198 e. The Hall–Kier alpha value is -1.92. The van der Waals surface area contributed by atoms with Crippen molar-refractivity contribution in [2.75, 3.05) is 39.4 Å². The third-order valence-corrected chi connectivity index (χ3v) is 3.65. The Morgan fingerprint density at radius 3 is 3.00 bits per heavy atom. The molecule has 21 heavy (non-hydrogen) atoms. The van der Waals surface area contributed by atoms with E-state index in [4.69, 9.17) is 4.74 Å². The van der Waals surface area contributed by atoms with Crippen LogP contribution in [0.5, 0.6) is 5.88 Å². The third kappa shape index (κ3) is 3.22. The van der Waals surface area contributed by atoms with Crippen LogP contribution in [-0.2, 0) is 4.74 Å². The average molecular weight is 291 g/mol. The maximum absolute atomic E-state index is 13.3. The number of fused-ring (bicyclic) bond motifs is 1. The second-order valence-corrected chi connectivity index (χ2v) is 5.07. The lowest BCUT2D eigenvalue weighted by Gasteiger charge is -2.25. The van der Waals surface area contributed by atoms with Crippen LogP contribution >= 0.6 is 0 Å². The number of morpholine rings is 1. The van der Waals surface area contributed by atoms with E-state index in [1.807, 2.05) is 0 Å². The molecule has 1 fully saturated rings. The van der Waals surface area contributed by atoms with Gasteiger partial charge in [0.1, 0.15) is 5.82 Å². The standard InChI is InChI=1S/C15H18FN3O2/c16-11-1-2-14-12(9-11)13(15(20)18-14)10-17-3-4-19-5-7-21-8-6-19/h1-2,9-10,18,20H,3-8H2. The minimum absolute atomic E-state index is 0.0192. The van der Waals surface area contributed by atoms with Gasteiger partial charge >= 0.3 is 0 Å². The molecular formula is C15H18FN3O2. The van der Waals surface area contributed by atoms with E-state index in [9.17, 15) is 9.50 Å². The van der Waals surface area contributed by atoms with Crippen LogP contribution in [0.1, 0.15) is 5.56 Å². The molecule has 1 aromatic carbocycles. The molecule has 2 heterocycles. The van der Waals surface area contributed by atoms with Crippen molar-refractivity contribution in [1.82, 2.24) is 9.88 Å². The molecule has 0 saturated carbocycles. The number of aromatic amines is 1. The smallest absolute Gasteiger partial charge is 0.198 e. The Bertz CT molecular complexity index is 648. The number of ether oxygens (including phenoxy) is 1. The molecule has 0 bridgehead atoms. The summed E-state index contributed by atoms with van der Waals surface area (Å²) in [6, 6.07) is 4.36. The molecule has 3 rings (SSSR count). The van der Waals surface area contributed by atoms with Crippen molar-refractivity contribution in [1.29, 1.82) is 0 Å². The summed E-state index contributed by atoms with van der Waals surface area (Å²) in [7, 11) is 0. The summed E-state index contributed by atoms with van der Waals surface area (Å²) in [5.41, 5.74) is 1.23. The fourth-order valence-corrected chi connectivity index (χ4v) is 2.48. The Labute approximate surface area is 122 Å². The molecule has 0 radical (unpaired) electrons.